The van der Waals surface area contributed by atoms with E-state index in [1.807, 2.05) is 13.0 Å². The zero-order valence-corrected chi connectivity index (χ0v) is 15.6. The highest BCUT2D eigenvalue weighted by molar-refractivity contribution is 7.80. The van der Waals surface area contributed by atoms with Crippen LogP contribution in [0.15, 0.2) is 30.3 Å². The molecule has 4 nitrogen and oxygen atoms in total. The molecular weight excluding hydrogens is 369 g/mol. The molecule has 0 aliphatic heterocycles. The van der Waals surface area contributed by atoms with Gasteiger partial charge in [0.05, 0.1) is 12.1 Å². The van der Waals surface area contributed by atoms with Gasteiger partial charge in [-0.2, -0.15) is 0 Å². The summed E-state index contributed by atoms with van der Waals surface area (Å²) in [5.41, 5.74) is 7.18. The lowest BCUT2D eigenvalue weighted by molar-refractivity contribution is 0.211. The predicted octanol–water partition coefficient (Wildman–Crippen LogP) is 4.40. The Bertz CT molecular complexity index is 753. The third-order valence-corrected chi connectivity index (χ3v) is 4.18. The van der Waals surface area contributed by atoms with Crippen molar-refractivity contribution < 1.29 is 14.2 Å². The Kier molecular flexibility index (Phi) is 6.54. The molecule has 128 valence electrons. The topological polar surface area (TPSA) is 53.7 Å². The fourth-order valence-corrected chi connectivity index (χ4v) is 2.51. The van der Waals surface area contributed by atoms with Gasteiger partial charge in [0.25, 0.3) is 0 Å². The third-order valence-electron chi connectivity index (χ3n) is 3.24. The average Bonchev–Trinajstić information content (AvgIpc) is 2.55. The molecule has 0 saturated carbocycles. The van der Waals surface area contributed by atoms with E-state index in [2.05, 4.69) is 0 Å². The van der Waals surface area contributed by atoms with E-state index in [1.165, 1.54) is 7.11 Å². The van der Waals surface area contributed by atoms with Gasteiger partial charge in [-0.25, -0.2) is 0 Å². The number of hydrogen-bond donors (Lipinski definition) is 1. The Morgan fingerprint density at radius 2 is 1.79 bits per heavy atom. The molecular formula is C17H17Cl2NO3S. The van der Waals surface area contributed by atoms with Crippen molar-refractivity contribution in [3.05, 3.63) is 51.5 Å². The lowest BCUT2D eigenvalue weighted by Gasteiger charge is -2.14. The third kappa shape index (κ3) is 4.66. The molecule has 0 unspecified atom stereocenters. The Morgan fingerprint density at radius 3 is 2.42 bits per heavy atom. The molecule has 0 aliphatic rings. The van der Waals surface area contributed by atoms with Crippen LogP contribution in [-0.4, -0.2) is 25.3 Å². The van der Waals surface area contributed by atoms with Crippen LogP contribution >= 0.6 is 35.4 Å². The zero-order chi connectivity index (χ0) is 17.7. The van der Waals surface area contributed by atoms with Gasteiger partial charge in [-0.05, 0) is 42.8 Å². The summed E-state index contributed by atoms with van der Waals surface area (Å²) >= 11 is 17.1. The highest BCUT2D eigenvalue weighted by Gasteiger charge is 2.13. The highest BCUT2D eigenvalue weighted by Crippen LogP contribution is 2.36. The first-order valence-electron chi connectivity index (χ1n) is 7.11. The summed E-state index contributed by atoms with van der Waals surface area (Å²) in [5.74, 6) is 1.62. The van der Waals surface area contributed by atoms with Gasteiger partial charge in [-0.1, -0.05) is 35.4 Å². The Balaban J connectivity index is 1.99. The molecule has 0 fully saturated rings. The first-order chi connectivity index (χ1) is 11.4. The van der Waals surface area contributed by atoms with Crippen molar-refractivity contribution in [1.29, 1.82) is 0 Å². The zero-order valence-electron chi connectivity index (χ0n) is 13.3. The predicted molar refractivity (Wildman–Crippen MR) is 101 cm³/mol. The van der Waals surface area contributed by atoms with Gasteiger partial charge >= 0.3 is 0 Å². The molecule has 0 aromatic heterocycles. The maximum Gasteiger partial charge on any atom is 0.179 e. The summed E-state index contributed by atoms with van der Waals surface area (Å²) in [6, 6.07) is 8.80. The second-order valence-electron chi connectivity index (χ2n) is 4.96. The van der Waals surface area contributed by atoms with Crippen molar-refractivity contribution in [1.82, 2.24) is 0 Å². The van der Waals surface area contributed by atoms with Crippen molar-refractivity contribution >= 4 is 40.4 Å². The molecule has 7 heteroatoms. The van der Waals surface area contributed by atoms with Gasteiger partial charge in [-0.15, -0.1) is 0 Å². The maximum atomic E-state index is 6.22. The number of rotatable bonds is 7. The number of aryl methyl sites for hydroxylation is 1. The summed E-state index contributed by atoms with van der Waals surface area (Å²) in [7, 11) is 1.52. The van der Waals surface area contributed by atoms with Gasteiger partial charge < -0.3 is 19.9 Å². The molecule has 0 spiro atoms. The van der Waals surface area contributed by atoms with Crippen molar-refractivity contribution in [2.24, 2.45) is 5.73 Å². The number of thiocarbonyl (C=S) groups is 1. The van der Waals surface area contributed by atoms with Crippen LogP contribution in [0.4, 0.5) is 0 Å². The first kappa shape index (κ1) is 18.6. The summed E-state index contributed by atoms with van der Waals surface area (Å²) in [6.45, 7) is 2.56. The molecule has 2 rings (SSSR count). The molecule has 2 N–H and O–H groups in total. The van der Waals surface area contributed by atoms with E-state index in [1.54, 1.807) is 24.3 Å². The van der Waals surface area contributed by atoms with Crippen LogP contribution in [0.1, 0.15) is 11.1 Å². The van der Waals surface area contributed by atoms with Gasteiger partial charge in [0.1, 0.15) is 24.0 Å². The van der Waals surface area contributed by atoms with Crippen LogP contribution in [0.25, 0.3) is 0 Å². The number of methoxy groups -OCH3 is 1. The van der Waals surface area contributed by atoms with Crippen LogP contribution in [0.5, 0.6) is 17.2 Å². The minimum Gasteiger partial charge on any atom is -0.493 e. The minimum atomic E-state index is 0.239. The lowest BCUT2D eigenvalue weighted by Crippen LogP contribution is -2.12. The van der Waals surface area contributed by atoms with E-state index < -0.39 is 0 Å². The first-order valence-corrected chi connectivity index (χ1v) is 8.28. The van der Waals surface area contributed by atoms with Gasteiger partial charge in [0.2, 0.25) is 0 Å². The van der Waals surface area contributed by atoms with Crippen molar-refractivity contribution in [3.8, 4) is 17.2 Å². The second kappa shape index (κ2) is 8.42. The van der Waals surface area contributed by atoms with Crippen molar-refractivity contribution in [3.63, 3.8) is 0 Å². The summed E-state index contributed by atoms with van der Waals surface area (Å²) < 4.78 is 16.6. The van der Waals surface area contributed by atoms with E-state index in [9.17, 15) is 0 Å². The largest absolute Gasteiger partial charge is 0.493 e. The molecule has 2 aromatic carbocycles. The van der Waals surface area contributed by atoms with E-state index in [0.29, 0.717) is 40.3 Å². The summed E-state index contributed by atoms with van der Waals surface area (Å²) in [6.07, 6.45) is 0. The quantitative estimate of drug-likeness (QED) is 0.565. The second-order valence-corrected chi connectivity index (χ2v) is 6.22. The van der Waals surface area contributed by atoms with Gasteiger partial charge in [0.15, 0.2) is 11.5 Å². The standard InChI is InChI=1S/C17H17Cl2NO3S/c1-10-7-12(3-4-13(10)18)22-5-6-23-16-14(19)8-11(17(20)24)9-15(16)21-2/h3-4,7-9H,5-6H2,1-2H3,(H2,20,24). The lowest BCUT2D eigenvalue weighted by atomic mass is 10.2. The van der Waals surface area contributed by atoms with Crippen molar-refractivity contribution in [2.45, 2.75) is 6.92 Å². The molecule has 24 heavy (non-hydrogen) atoms. The molecule has 0 aliphatic carbocycles. The van der Waals surface area contributed by atoms with Crippen LogP contribution in [-0.2, 0) is 0 Å². The molecule has 0 atom stereocenters. The number of benzene rings is 2. The number of halogens is 2. The average molecular weight is 386 g/mol. The minimum absolute atomic E-state index is 0.239. The monoisotopic (exact) mass is 385 g/mol. The smallest absolute Gasteiger partial charge is 0.179 e. The van der Waals surface area contributed by atoms with E-state index in [0.717, 1.165) is 11.3 Å². The van der Waals surface area contributed by atoms with Crippen LogP contribution < -0.4 is 19.9 Å². The molecule has 0 bridgehead atoms. The molecule has 2 aromatic rings. The molecule has 0 saturated heterocycles. The van der Waals surface area contributed by atoms with Gasteiger partial charge in [-0.3, -0.25) is 0 Å². The van der Waals surface area contributed by atoms with E-state index in [4.69, 9.17) is 55.4 Å². The Labute approximate surface area is 156 Å². The molecule has 0 amide bonds. The van der Waals surface area contributed by atoms with Crippen LogP contribution in [0, 0.1) is 6.92 Å². The SMILES string of the molecule is COc1cc(C(N)=S)cc(Cl)c1OCCOc1ccc(Cl)c(C)c1. The Morgan fingerprint density at radius 1 is 1.08 bits per heavy atom. The van der Waals surface area contributed by atoms with Crippen LogP contribution in [0.2, 0.25) is 10.0 Å². The normalized spacial score (nSPS) is 10.3. The summed E-state index contributed by atoms with van der Waals surface area (Å²) in [4.78, 5) is 0.239. The maximum absolute atomic E-state index is 6.22. The summed E-state index contributed by atoms with van der Waals surface area (Å²) in [5, 5.41) is 1.08. The van der Waals surface area contributed by atoms with Gasteiger partial charge in [0, 0.05) is 10.6 Å². The number of ether oxygens (including phenoxy) is 3. The fraction of sp³-hybridized carbons (Fsp3) is 0.235. The molecule has 0 heterocycles. The number of nitrogens with two attached hydrogens (primary N) is 1. The van der Waals surface area contributed by atoms with E-state index >= 15 is 0 Å². The van der Waals surface area contributed by atoms with Crippen molar-refractivity contribution in [2.75, 3.05) is 20.3 Å². The van der Waals surface area contributed by atoms with Crippen LogP contribution in [0.3, 0.4) is 0 Å². The molecule has 0 radical (unpaired) electrons. The fourth-order valence-electron chi connectivity index (χ4n) is 2.01. The van der Waals surface area contributed by atoms with E-state index in [-0.39, 0.29) is 4.99 Å². The highest BCUT2D eigenvalue weighted by atomic mass is 35.5. The number of hydrogen-bond acceptors (Lipinski definition) is 4. The Hall–Kier alpha value is -1.69.